The number of aliphatic imine (C=N–C) groups is 1. The van der Waals surface area contributed by atoms with Crippen molar-refractivity contribution in [2.24, 2.45) is 4.99 Å². The summed E-state index contributed by atoms with van der Waals surface area (Å²) in [6.07, 6.45) is 0. The number of thiazole rings is 1. The highest BCUT2D eigenvalue weighted by Gasteiger charge is 2.06. The Balaban J connectivity index is 1.63. The van der Waals surface area contributed by atoms with Crippen LogP contribution in [0.4, 0.5) is 4.39 Å². The van der Waals surface area contributed by atoms with Gasteiger partial charge in [-0.2, -0.15) is 0 Å². The van der Waals surface area contributed by atoms with E-state index in [-0.39, 0.29) is 12.4 Å². The lowest BCUT2D eigenvalue weighted by Crippen LogP contribution is -2.36. The molecule has 3 rings (SSSR count). The molecule has 0 saturated carbocycles. The molecule has 0 amide bonds. The fourth-order valence-electron chi connectivity index (χ4n) is 2.41. The van der Waals surface area contributed by atoms with Crippen LogP contribution < -0.4 is 10.6 Å². The van der Waals surface area contributed by atoms with Gasteiger partial charge in [0.15, 0.2) is 5.96 Å². The number of nitrogens with one attached hydrogen (secondary N) is 2. The molecule has 0 bridgehead atoms. The highest BCUT2D eigenvalue weighted by Crippen LogP contribution is 2.23. The number of rotatable bonds is 6. The van der Waals surface area contributed by atoms with Gasteiger partial charge in [-0.25, -0.2) is 14.4 Å². The fourth-order valence-corrected chi connectivity index (χ4v) is 3.23. The summed E-state index contributed by atoms with van der Waals surface area (Å²) in [6.45, 7) is 3.58. The molecule has 0 saturated heterocycles. The van der Waals surface area contributed by atoms with Gasteiger partial charge in [-0.3, -0.25) is 0 Å². The van der Waals surface area contributed by atoms with Crippen LogP contribution in [0.2, 0.25) is 0 Å². The summed E-state index contributed by atoms with van der Waals surface area (Å²) in [6, 6.07) is 16.8. The van der Waals surface area contributed by atoms with Gasteiger partial charge in [-0.15, -0.1) is 11.3 Å². The number of hydrogen-bond donors (Lipinski definition) is 2. The number of aromatic nitrogens is 1. The molecule has 0 aliphatic carbocycles. The number of nitrogens with zero attached hydrogens (tertiary/aromatic N) is 2. The average molecular weight is 368 g/mol. The lowest BCUT2D eigenvalue weighted by Gasteiger charge is -2.10. The molecule has 1 heterocycles. The van der Waals surface area contributed by atoms with Gasteiger partial charge in [0.2, 0.25) is 0 Å². The van der Waals surface area contributed by atoms with Crippen molar-refractivity contribution in [2.75, 3.05) is 6.54 Å². The first kappa shape index (κ1) is 18.1. The minimum absolute atomic E-state index is 0.237. The Morgan fingerprint density at radius 3 is 2.62 bits per heavy atom. The Labute approximate surface area is 156 Å². The van der Waals surface area contributed by atoms with Gasteiger partial charge in [0, 0.05) is 23.1 Å². The molecule has 0 fully saturated rings. The summed E-state index contributed by atoms with van der Waals surface area (Å²) in [5.74, 6) is 0.407. The van der Waals surface area contributed by atoms with E-state index in [9.17, 15) is 4.39 Å². The normalized spacial score (nSPS) is 11.4. The summed E-state index contributed by atoms with van der Waals surface area (Å²) in [7, 11) is 0. The van der Waals surface area contributed by atoms with Gasteiger partial charge in [0.05, 0.1) is 18.8 Å². The molecule has 134 valence electrons. The van der Waals surface area contributed by atoms with Gasteiger partial charge in [0.25, 0.3) is 0 Å². The van der Waals surface area contributed by atoms with Gasteiger partial charge in [0.1, 0.15) is 10.8 Å². The summed E-state index contributed by atoms with van der Waals surface area (Å²) >= 11 is 1.62. The van der Waals surface area contributed by atoms with E-state index in [0.717, 1.165) is 22.8 Å². The van der Waals surface area contributed by atoms with Crippen LogP contribution in [0.3, 0.4) is 0 Å². The van der Waals surface area contributed by atoms with Gasteiger partial charge < -0.3 is 10.6 Å². The van der Waals surface area contributed by atoms with Crippen molar-refractivity contribution in [2.45, 2.75) is 20.0 Å². The summed E-state index contributed by atoms with van der Waals surface area (Å²) in [4.78, 5) is 9.11. The molecule has 2 aromatic carbocycles. The minimum atomic E-state index is -0.237. The van der Waals surface area contributed by atoms with E-state index in [0.29, 0.717) is 18.1 Å². The van der Waals surface area contributed by atoms with Crippen molar-refractivity contribution in [3.63, 3.8) is 0 Å². The van der Waals surface area contributed by atoms with Crippen LogP contribution in [-0.4, -0.2) is 17.5 Å². The molecule has 0 aliphatic rings. The fraction of sp³-hybridized carbons (Fsp3) is 0.200. The number of guanidine groups is 1. The maximum atomic E-state index is 13.7. The van der Waals surface area contributed by atoms with Crippen LogP contribution in [-0.2, 0) is 13.1 Å². The Morgan fingerprint density at radius 2 is 1.85 bits per heavy atom. The third-order valence-corrected chi connectivity index (χ3v) is 4.66. The first-order valence-electron chi connectivity index (χ1n) is 8.51. The van der Waals surface area contributed by atoms with Crippen molar-refractivity contribution in [1.82, 2.24) is 15.6 Å². The smallest absolute Gasteiger partial charge is 0.191 e. The Bertz CT molecular complexity index is 861. The minimum Gasteiger partial charge on any atom is -0.357 e. The maximum Gasteiger partial charge on any atom is 0.191 e. The lowest BCUT2D eigenvalue weighted by atomic mass is 10.2. The van der Waals surface area contributed by atoms with E-state index < -0.39 is 0 Å². The highest BCUT2D eigenvalue weighted by molar-refractivity contribution is 7.13. The van der Waals surface area contributed by atoms with Crippen LogP contribution in [0.5, 0.6) is 0 Å². The number of hydrogen-bond acceptors (Lipinski definition) is 3. The zero-order chi connectivity index (χ0) is 18.2. The van der Waals surface area contributed by atoms with Crippen LogP contribution in [0.25, 0.3) is 10.6 Å². The molecule has 6 heteroatoms. The van der Waals surface area contributed by atoms with Crippen molar-refractivity contribution in [3.05, 3.63) is 77.1 Å². The largest absolute Gasteiger partial charge is 0.357 e. The highest BCUT2D eigenvalue weighted by atomic mass is 32.1. The van der Waals surface area contributed by atoms with Gasteiger partial charge in [-0.1, -0.05) is 48.5 Å². The Kier molecular flexibility index (Phi) is 6.33. The Morgan fingerprint density at radius 1 is 1.08 bits per heavy atom. The van der Waals surface area contributed by atoms with Crippen molar-refractivity contribution in [3.8, 4) is 10.6 Å². The first-order chi connectivity index (χ1) is 12.8. The van der Waals surface area contributed by atoms with E-state index in [1.165, 1.54) is 6.07 Å². The van der Waals surface area contributed by atoms with E-state index in [4.69, 9.17) is 0 Å². The van der Waals surface area contributed by atoms with Gasteiger partial charge in [-0.05, 0) is 13.0 Å². The molecule has 4 nitrogen and oxygen atoms in total. The molecule has 0 spiro atoms. The van der Waals surface area contributed by atoms with Crippen molar-refractivity contribution >= 4 is 17.3 Å². The SMILES string of the molecule is CCNC(=NCc1ccccc1F)NCc1csc(-c2ccccc2)n1. The third kappa shape index (κ3) is 4.89. The van der Waals surface area contributed by atoms with Crippen LogP contribution >= 0.6 is 11.3 Å². The maximum absolute atomic E-state index is 13.7. The molecular weight excluding hydrogens is 347 g/mol. The molecule has 0 radical (unpaired) electrons. The Hall–Kier alpha value is -2.73. The zero-order valence-electron chi connectivity index (χ0n) is 14.6. The van der Waals surface area contributed by atoms with E-state index in [1.54, 1.807) is 23.5 Å². The topological polar surface area (TPSA) is 49.3 Å². The third-order valence-electron chi connectivity index (χ3n) is 3.72. The molecule has 0 atom stereocenters. The second kappa shape index (κ2) is 9.10. The summed E-state index contributed by atoms with van der Waals surface area (Å²) < 4.78 is 13.7. The predicted molar refractivity (Wildman–Crippen MR) is 106 cm³/mol. The number of benzene rings is 2. The van der Waals surface area contributed by atoms with Crippen LogP contribution in [0, 0.1) is 5.82 Å². The van der Waals surface area contributed by atoms with E-state index in [1.807, 2.05) is 36.6 Å². The molecular formula is C20H21FN4S. The molecule has 2 N–H and O–H groups in total. The lowest BCUT2D eigenvalue weighted by molar-refractivity contribution is 0.610. The summed E-state index contributed by atoms with van der Waals surface area (Å²) in [5, 5.41) is 9.46. The molecule has 0 unspecified atom stereocenters. The van der Waals surface area contributed by atoms with E-state index >= 15 is 0 Å². The molecule has 1 aromatic heterocycles. The van der Waals surface area contributed by atoms with Crippen LogP contribution in [0.15, 0.2) is 65.0 Å². The predicted octanol–water partition coefficient (Wildman–Crippen LogP) is 4.20. The van der Waals surface area contributed by atoms with Crippen LogP contribution in [0.1, 0.15) is 18.2 Å². The summed E-state index contributed by atoms with van der Waals surface area (Å²) in [5.41, 5.74) is 2.64. The molecule has 0 aliphatic heterocycles. The van der Waals surface area contributed by atoms with Crippen molar-refractivity contribution < 1.29 is 4.39 Å². The quantitative estimate of drug-likeness (QED) is 0.506. The molecule has 26 heavy (non-hydrogen) atoms. The second-order valence-corrected chi connectivity index (χ2v) is 6.51. The first-order valence-corrected chi connectivity index (χ1v) is 9.39. The average Bonchev–Trinajstić information content (AvgIpc) is 3.15. The van der Waals surface area contributed by atoms with Gasteiger partial charge >= 0.3 is 0 Å². The van der Waals surface area contributed by atoms with Crippen molar-refractivity contribution in [1.29, 1.82) is 0 Å². The zero-order valence-corrected chi connectivity index (χ0v) is 15.4. The second-order valence-electron chi connectivity index (χ2n) is 5.65. The van der Waals surface area contributed by atoms with E-state index in [2.05, 4.69) is 32.7 Å². The monoisotopic (exact) mass is 368 g/mol. The number of halogens is 1. The molecule has 3 aromatic rings. The standard InChI is InChI=1S/C20H21FN4S/c1-2-22-20(23-12-16-10-6-7-11-18(16)21)24-13-17-14-26-19(25-17)15-8-4-3-5-9-15/h3-11,14H,2,12-13H2,1H3,(H2,22,23,24).